The Morgan fingerprint density at radius 2 is 1.87 bits per heavy atom. The van der Waals surface area contributed by atoms with Crippen molar-refractivity contribution in [1.29, 1.82) is 0 Å². The Balaban J connectivity index is 2.60. The van der Waals surface area contributed by atoms with E-state index in [1.807, 2.05) is 32.4 Å². The third-order valence-electron chi connectivity index (χ3n) is 2.13. The van der Waals surface area contributed by atoms with Gasteiger partial charge in [0.15, 0.2) is 6.29 Å². The number of rotatable bonds is 6. The van der Waals surface area contributed by atoms with Crippen LogP contribution in [-0.2, 0) is 16.0 Å². The molecule has 0 saturated carbocycles. The standard InChI is InChI=1S/C11H20N2O2/c1-5-14-11(15-6-2)8-13-10(4)7-9(3)12-13/h7,11H,5-6,8H2,1-4H3. The van der Waals surface area contributed by atoms with Gasteiger partial charge >= 0.3 is 0 Å². The van der Waals surface area contributed by atoms with E-state index in [0.29, 0.717) is 19.8 Å². The highest BCUT2D eigenvalue weighted by molar-refractivity contribution is 5.06. The fraction of sp³-hybridized carbons (Fsp3) is 0.727. The molecule has 0 aliphatic carbocycles. The normalized spacial score (nSPS) is 11.3. The van der Waals surface area contributed by atoms with Crippen LogP contribution in [0.15, 0.2) is 6.07 Å². The van der Waals surface area contributed by atoms with Gasteiger partial charge in [0.2, 0.25) is 0 Å². The maximum absolute atomic E-state index is 5.47. The molecule has 0 spiro atoms. The molecule has 1 aromatic heterocycles. The third-order valence-corrected chi connectivity index (χ3v) is 2.13. The largest absolute Gasteiger partial charge is 0.351 e. The van der Waals surface area contributed by atoms with Crippen molar-refractivity contribution in [1.82, 2.24) is 9.78 Å². The lowest BCUT2D eigenvalue weighted by atomic mass is 10.4. The summed E-state index contributed by atoms with van der Waals surface area (Å²) >= 11 is 0. The average Bonchev–Trinajstić information content (AvgIpc) is 2.46. The van der Waals surface area contributed by atoms with Crippen molar-refractivity contribution in [3.8, 4) is 0 Å². The van der Waals surface area contributed by atoms with Gasteiger partial charge in [-0.1, -0.05) is 0 Å². The topological polar surface area (TPSA) is 36.3 Å². The minimum Gasteiger partial charge on any atom is -0.351 e. The van der Waals surface area contributed by atoms with E-state index in [4.69, 9.17) is 9.47 Å². The van der Waals surface area contributed by atoms with Gasteiger partial charge in [-0.3, -0.25) is 4.68 Å². The van der Waals surface area contributed by atoms with E-state index < -0.39 is 0 Å². The number of hydrogen-bond donors (Lipinski definition) is 0. The second-order valence-electron chi connectivity index (χ2n) is 3.45. The second kappa shape index (κ2) is 5.88. The van der Waals surface area contributed by atoms with Crippen LogP contribution in [-0.4, -0.2) is 29.3 Å². The quantitative estimate of drug-likeness (QED) is 0.676. The first-order chi connectivity index (χ1) is 7.17. The first-order valence-electron chi connectivity index (χ1n) is 5.41. The molecule has 0 aliphatic rings. The maximum Gasteiger partial charge on any atom is 0.176 e. The van der Waals surface area contributed by atoms with Gasteiger partial charge in [-0.05, 0) is 33.8 Å². The van der Waals surface area contributed by atoms with Crippen molar-refractivity contribution in [2.24, 2.45) is 0 Å². The molecule has 1 heterocycles. The summed E-state index contributed by atoms with van der Waals surface area (Å²) in [5, 5.41) is 4.37. The van der Waals surface area contributed by atoms with Crippen LogP contribution in [0.1, 0.15) is 25.2 Å². The molecule has 0 atom stereocenters. The van der Waals surface area contributed by atoms with Crippen molar-refractivity contribution in [2.45, 2.75) is 40.5 Å². The Kier molecular flexibility index (Phi) is 4.78. The van der Waals surface area contributed by atoms with E-state index in [-0.39, 0.29) is 6.29 Å². The molecule has 0 unspecified atom stereocenters. The second-order valence-corrected chi connectivity index (χ2v) is 3.45. The summed E-state index contributed by atoms with van der Waals surface area (Å²) in [4.78, 5) is 0. The lowest BCUT2D eigenvalue weighted by molar-refractivity contribution is -0.145. The van der Waals surface area contributed by atoms with Crippen LogP contribution in [0.5, 0.6) is 0 Å². The highest BCUT2D eigenvalue weighted by atomic mass is 16.7. The number of aryl methyl sites for hydroxylation is 2. The molecule has 0 radical (unpaired) electrons. The summed E-state index contributed by atoms with van der Waals surface area (Å²) in [6, 6.07) is 2.05. The fourth-order valence-corrected chi connectivity index (χ4v) is 1.53. The SMILES string of the molecule is CCOC(Cn1nc(C)cc1C)OCC. The monoisotopic (exact) mass is 212 g/mol. The van der Waals surface area contributed by atoms with E-state index in [1.54, 1.807) is 0 Å². The maximum atomic E-state index is 5.47. The number of hydrogen-bond acceptors (Lipinski definition) is 3. The molecule has 0 saturated heterocycles. The van der Waals surface area contributed by atoms with Gasteiger partial charge in [-0.15, -0.1) is 0 Å². The molecule has 0 fully saturated rings. The van der Waals surface area contributed by atoms with Crippen LogP contribution in [0, 0.1) is 13.8 Å². The zero-order valence-corrected chi connectivity index (χ0v) is 9.99. The molecular weight excluding hydrogens is 192 g/mol. The van der Waals surface area contributed by atoms with Gasteiger partial charge in [-0.25, -0.2) is 0 Å². The molecule has 4 nitrogen and oxygen atoms in total. The molecule has 0 bridgehead atoms. The highest BCUT2D eigenvalue weighted by Gasteiger charge is 2.11. The Morgan fingerprint density at radius 3 is 2.27 bits per heavy atom. The summed E-state index contributed by atoms with van der Waals surface area (Å²) < 4.78 is 12.9. The van der Waals surface area contributed by atoms with Gasteiger partial charge in [0, 0.05) is 18.9 Å². The van der Waals surface area contributed by atoms with Crippen molar-refractivity contribution in [3.05, 3.63) is 17.5 Å². The molecule has 0 aromatic carbocycles. The predicted molar refractivity (Wildman–Crippen MR) is 58.7 cm³/mol. The van der Waals surface area contributed by atoms with Crippen molar-refractivity contribution >= 4 is 0 Å². The van der Waals surface area contributed by atoms with Gasteiger partial charge in [0.1, 0.15) is 0 Å². The zero-order valence-electron chi connectivity index (χ0n) is 9.99. The van der Waals surface area contributed by atoms with Crippen LogP contribution in [0.25, 0.3) is 0 Å². The van der Waals surface area contributed by atoms with Crippen molar-refractivity contribution in [2.75, 3.05) is 13.2 Å². The molecule has 1 rings (SSSR count). The third kappa shape index (κ3) is 3.64. The van der Waals surface area contributed by atoms with Crippen LogP contribution >= 0.6 is 0 Å². The zero-order chi connectivity index (χ0) is 11.3. The number of aromatic nitrogens is 2. The Labute approximate surface area is 91.2 Å². The van der Waals surface area contributed by atoms with Gasteiger partial charge in [0.25, 0.3) is 0 Å². The molecular formula is C11H20N2O2. The lowest BCUT2D eigenvalue weighted by Gasteiger charge is -2.17. The first-order valence-corrected chi connectivity index (χ1v) is 5.41. The summed E-state index contributed by atoms with van der Waals surface area (Å²) in [6.07, 6.45) is -0.196. The van der Waals surface area contributed by atoms with Crippen LogP contribution in [0.4, 0.5) is 0 Å². The van der Waals surface area contributed by atoms with E-state index in [1.165, 1.54) is 0 Å². The molecule has 0 aliphatic heterocycles. The predicted octanol–water partition coefficient (Wildman–Crippen LogP) is 1.90. The lowest BCUT2D eigenvalue weighted by Crippen LogP contribution is -2.24. The van der Waals surface area contributed by atoms with E-state index in [0.717, 1.165) is 11.4 Å². The minimum absolute atomic E-state index is 0.196. The van der Waals surface area contributed by atoms with E-state index >= 15 is 0 Å². The molecule has 15 heavy (non-hydrogen) atoms. The van der Waals surface area contributed by atoms with E-state index in [2.05, 4.69) is 11.2 Å². The number of nitrogens with zero attached hydrogens (tertiary/aromatic N) is 2. The van der Waals surface area contributed by atoms with Gasteiger partial charge in [0.05, 0.1) is 12.2 Å². The molecule has 0 amide bonds. The molecule has 86 valence electrons. The average molecular weight is 212 g/mol. The summed E-state index contributed by atoms with van der Waals surface area (Å²) in [6.45, 7) is 9.92. The molecule has 1 aromatic rings. The summed E-state index contributed by atoms with van der Waals surface area (Å²) in [7, 11) is 0. The fourth-order valence-electron chi connectivity index (χ4n) is 1.53. The van der Waals surface area contributed by atoms with Crippen LogP contribution in [0.2, 0.25) is 0 Å². The minimum atomic E-state index is -0.196. The van der Waals surface area contributed by atoms with E-state index in [9.17, 15) is 0 Å². The molecule has 4 heteroatoms. The Morgan fingerprint density at radius 1 is 1.27 bits per heavy atom. The first kappa shape index (κ1) is 12.2. The smallest absolute Gasteiger partial charge is 0.176 e. The Bertz CT molecular complexity index is 291. The summed E-state index contributed by atoms with van der Waals surface area (Å²) in [5.41, 5.74) is 2.16. The van der Waals surface area contributed by atoms with Gasteiger partial charge in [-0.2, -0.15) is 5.10 Å². The van der Waals surface area contributed by atoms with Gasteiger partial charge < -0.3 is 9.47 Å². The highest BCUT2D eigenvalue weighted by Crippen LogP contribution is 2.05. The molecule has 0 N–H and O–H groups in total. The number of ether oxygens (including phenoxy) is 2. The summed E-state index contributed by atoms with van der Waals surface area (Å²) in [5.74, 6) is 0. The van der Waals surface area contributed by atoms with Crippen molar-refractivity contribution < 1.29 is 9.47 Å². The van der Waals surface area contributed by atoms with Crippen LogP contribution < -0.4 is 0 Å². The van der Waals surface area contributed by atoms with Crippen LogP contribution in [0.3, 0.4) is 0 Å². The van der Waals surface area contributed by atoms with Crippen molar-refractivity contribution in [3.63, 3.8) is 0 Å². The Hall–Kier alpha value is -0.870.